The van der Waals surface area contributed by atoms with Crippen molar-refractivity contribution in [1.82, 2.24) is 19.7 Å². The van der Waals surface area contributed by atoms with E-state index in [1.807, 2.05) is 31.6 Å². The molecule has 2 aliphatic heterocycles. The van der Waals surface area contributed by atoms with E-state index < -0.39 is 6.17 Å². The molecule has 1 aliphatic carbocycles. The van der Waals surface area contributed by atoms with Gasteiger partial charge in [-0.05, 0) is 50.4 Å². The van der Waals surface area contributed by atoms with Crippen molar-refractivity contribution in [2.75, 3.05) is 38.3 Å². The lowest BCUT2D eigenvalue weighted by Gasteiger charge is -2.45. The van der Waals surface area contributed by atoms with Gasteiger partial charge in [0.15, 0.2) is 5.82 Å². The zero-order valence-corrected chi connectivity index (χ0v) is 18.6. The van der Waals surface area contributed by atoms with E-state index >= 15 is 0 Å². The van der Waals surface area contributed by atoms with Crippen LogP contribution in [0.25, 0.3) is 11.4 Å². The Morgan fingerprint density at radius 2 is 2.16 bits per heavy atom. The van der Waals surface area contributed by atoms with E-state index in [4.69, 9.17) is 15.6 Å². The lowest BCUT2D eigenvalue weighted by atomic mass is 9.99. The average molecular weight is 439 g/mol. The zero-order chi connectivity index (χ0) is 22.2. The molecule has 2 N–H and O–H groups in total. The molecule has 5 rings (SSSR count). The molecule has 0 radical (unpaired) electrons. The van der Waals surface area contributed by atoms with Crippen LogP contribution >= 0.6 is 0 Å². The number of hydrogen-bond donors (Lipinski definition) is 1. The second kappa shape index (κ2) is 8.67. The van der Waals surface area contributed by atoms with Gasteiger partial charge in [-0.15, -0.1) is 0 Å². The molecule has 4 heterocycles. The fourth-order valence-corrected chi connectivity index (χ4v) is 4.94. The molecule has 32 heavy (non-hydrogen) atoms. The number of aromatic nitrogens is 3. The first kappa shape index (κ1) is 21.2. The molecular formula is C24H31FN6O. The number of halogens is 1. The van der Waals surface area contributed by atoms with E-state index in [9.17, 15) is 4.39 Å². The van der Waals surface area contributed by atoms with Crippen LogP contribution in [0.1, 0.15) is 30.5 Å². The first-order valence-electron chi connectivity index (χ1n) is 11.4. The fraction of sp³-hybridized carbons (Fsp3) is 0.500. The minimum Gasteiger partial charge on any atom is -0.401 e. The standard InChI is InChI=1S/C24H31FN6O/c1-3-19-21(26)6-4-5-16-12-31(28-24(16)19)23-8-7-17(11-27-23)30-10-9-22(20(25)13-30)29(2)18-14-32-15-18/h3,7-8,11-12,18,20,22H,1,4-6,9-10,13-15,26H2,2H3. The van der Waals surface area contributed by atoms with E-state index in [1.165, 1.54) is 0 Å². The van der Waals surface area contributed by atoms with Crippen LogP contribution in [0.2, 0.25) is 0 Å². The molecule has 2 aromatic rings. The Hall–Kier alpha value is -2.71. The monoisotopic (exact) mass is 438 g/mol. The third kappa shape index (κ3) is 3.82. The van der Waals surface area contributed by atoms with E-state index in [1.54, 1.807) is 10.8 Å². The Morgan fingerprint density at radius 1 is 1.31 bits per heavy atom. The molecule has 2 unspecified atom stereocenters. The summed E-state index contributed by atoms with van der Waals surface area (Å²) < 4.78 is 22.1. The highest BCUT2D eigenvalue weighted by molar-refractivity contribution is 5.76. The van der Waals surface area contributed by atoms with Gasteiger partial charge < -0.3 is 15.4 Å². The Balaban J connectivity index is 1.30. The highest BCUT2D eigenvalue weighted by Crippen LogP contribution is 2.29. The summed E-state index contributed by atoms with van der Waals surface area (Å²) in [5.74, 6) is 0.736. The summed E-state index contributed by atoms with van der Waals surface area (Å²) in [6, 6.07) is 4.25. The van der Waals surface area contributed by atoms with Gasteiger partial charge in [-0.3, -0.25) is 4.90 Å². The Bertz CT molecular complexity index is 1010. The molecule has 7 nitrogen and oxygen atoms in total. The molecule has 8 heteroatoms. The van der Waals surface area contributed by atoms with E-state index in [-0.39, 0.29) is 6.04 Å². The number of nitrogens with two attached hydrogens (primary N) is 1. The van der Waals surface area contributed by atoms with Gasteiger partial charge in [0.1, 0.15) is 6.17 Å². The van der Waals surface area contributed by atoms with Crippen molar-refractivity contribution >= 4 is 11.3 Å². The van der Waals surface area contributed by atoms with Crippen molar-refractivity contribution < 1.29 is 9.13 Å². The summed E-state index contributed by atoms with van der Waals surface area (Å²) >= 11 is 0. The Morgan fingerprint density at radius 3 is 2.81 bits per heavy atom. The summed E-state index contributed by atoms with van der Waals surface area (Å²) in [7, 11) is 2.02. The predicted octanol–water partition coefficient (Wildman–Crippen LogP) is 2.71. The molecular weight excluding hydrogens is 407 g/mol. The lowest BCUT2D eigenvalue weighted by Crippen LogP contribution is -2.58. The summed E-state index contributed by atoms with van der Waals surface area (Å²) in [6.07, 6.45) is 8.32. The van der Waals surface area contributed by atoms with Gasteiger partial charge in [0.25, 0.3) is 0 Å². The third-order valence-electron chi connectivity index (χ3n) is 7.05. The number of rotatable bonds is 5. The van der Waals surface area contributed by atoms with Crippen LogP contribution in [-0.4, -0.2) is 71.3 Å². The molecule has 170 valence electrons. The summed E-state index contributed by atoms with van der Waals surface area (Å²) in [5, 5.41) is 4.75. The van der Waals surface area contributed by atoms with Crippen LogP contribution in [0.3, 0.4) is 0 Å². The maximum absolute atomic E-state index is 15.0. The van der Waals surface area contributed by atoms with E-state index in [0.717, 1.165) is 66.3 Å². The van der Waals surface area contributed by atoms with Crippen LogP contribution in [0, 0.1) is 0 Å². The quantitative estimate of drug-likeness (QED) is 0.774. The van der Waals surface area contributed by atoms with Crippen LogP contribution in [0.15, 0.2) is 42.9 Å². The molecule has 2 fully saturated rings. The highest BCUT2D eigenvalue weighted by Gasteiger charge is 2.37. The number of ether oxygens (including phenoxy) is 1. The van der Waals surface area contributed by atoms with Crippen molar-refractivity contribution in [1.29, 1.82) is 0 Å². The average Bonchev–Trinajstić information content (AvgIpc) is 3.10. The SMILES string of the molecule is C=CC1=C(N)CCCc2cn(-c3ccc(N4CCC(N(C)C5COC5)C(F)C4)cn3)nc21. The number of nitrogens with zero attached hydrogens (tertiary/aromatic N) is 5. The van der Waals surface area contributed by atoms with Crippen LogP contribution in [0.4, 0.5) is 10.1 Å². The highest BCUT2D eigenvalue weighted by atomic mass is 19.1. The van der Waals surface area contributed by atoms with Gasteiger partial charge in [-0.1, -0.05) is 12.7 Å². The number of fused-ring (bicyclic) bond motifs is 1. The Kier molecular flexibility index (Phi) is 5.73. The van der Waals surface area contributed by atoms with Gasteiger partial charge in [0.2, 0.25) is 0 Å². The maximum atomic E-state index is 15.0. The molecule has 3 aliphatic rings. The normalized spacial score (nSPS) is 24.3. The smallest absolute Gasteiger partial charge is 0.153 e. The van der Waals surface area contributed by atoms with Crippen molar-refractivity contribution in [3.63, 3.8) is 0 Å². The maximum Gasteiger partial charge on any atom is 0.153 e. The minimum absolute atomic E-state index is 0.0496. The van der Waals surface area contributed by atoms with E-state index in [0.29, 0.717) is 25.8 Å². The molecule has 0 aromatic carbocycles. The van der Waals surface area contributed by atoms with Gasteiger partial charge in [0.05, 0.1) is 43.4 Å². The van der Waals surface area contributed by atoms with Gasteiger partial charge in [-0.25, -0.2) is 14.1 Å². The number of allylic oxidation sites excluding steroid dienone is 3. The first-order valence-corrected chi connectivity index (χ1v) is 11.4. The molecule has 2 atom stereocenters. The van der Waals surface area contributed by atoms with Crippen LogP contribution in [-0.2, 0) is 11.2 Å². The Labute approximate surface area is 188 Å². The first-order chi connectivity index (χ1) is 15.5. The molecule has 2 aromatic heterocycles. The van der Waals surface area contributed by atoms with Gasteiger partial charge in [-0.2, -0.15) is 5.10 Å². The number of alkyl halides is 1. The largest absolute Gasteiger partial charge is 0.401 e. The predicted molar refractivity (Wildman–Crippen MR) is 123 cm³/mol. The summed E-state index contributed by atoms with van der Waals surface area (Å²) in [5.41, 5.74) is 11.0. The number of anilines is 1. The third-order valence-corrected chi connectivity index (χ3v) is 7.05. The van der Waals surface area contributed by atoms with Crippen LogP contribution < -0.4 is 10.6 Å². The summed E-state index contributed by atoms with van der Waals surface area (Å²) in [4.78, 5) is 8.87. The van der Waals surface area contributed by atoms with Crippen molar-refractivity contribution in [3.05, 3.63) is 54.1 Å². The molecule has 0 spiro atoms. The lowest BCUT2D eigenvalue weighted by molar-refractivity contribution is -0.0812. The van der Waals surface area contributed by atoms with Gasteiger partial charge in [0, 0.05) is 30.1 Å². The van der Waals surface area contributed by atoms with E-state index in [2.05, 4.69) is 21.4 Å². The topological polar surface area (TPSA) is 72.4 Å². The summed E-state index contributed by atoms with van der Waals surface area (Å²) in [6.45, 7) is 6.53. The van der Waals surface area contributed by atoms with Crippen molar-refractivity contribution in [2.45, 2.75) is 43.9 Å². The number of pyridine rings is 1. The van der Waals surface area contributed by atoms with Crippen LogP contribution in [0.5, 0.6) is 0 Å². The minimum atomic E-state index is -0.898. The molecule has 0 amide bonds. The fourth-order valence-electron chi connectivity index (χ4n) is 4.94. The zero-order valence-electron chi connectivity index (χ0n) is 18.6. The molecule has 2 saturated heterocycles. The second-order valence-electron chi connectivity index (χ2n) is 8.99. The van der Waals surface area contributed by atoms with Gasteiger partial charge >= 0.3 is 0 Å². The van der Waals surface area contributed by atoms with Crippen molar-refractivity contribution in [2.24, 2.45) is 5.73 Å². The number of aryl methyl sites for hydroxylation is 1. The number of piperidine rings is 1. The molecule has 0 bridgehead atoms. The number of hydrogen-bond acceptors (Lipinski definition) is 6. The number of likely N-dealkylation sites (N-methyl/N-ethyl adjacent to an activating group) is 1. The second-order valence-corrected chi connectivity index (χ2v) is 8.99. The molecule has 0 saturated carbocycles. The van der Waals surface area contributed by atoms with Crippen molar-refractivity contribution in [3.8, 4) is 5.82 Å².